The smallest absolute Gasteiger partial charge is 0.274 e. The van der Waals surface area contributed by atoms with Crippen molar-refractivity contribution in [3.05, 3.63) is 66.1 Å². The molecule has 1 aliphatic heterocycles. The maximum atomic E-state index is 12.7. The molecule has 1 aliphatic rings. The molecular formula is C24H23N5OS. The summed E-state index contributed by atoms with van der Waals surface area (Å²) in [5.41, 5.74) is 4.38. The molecule has 31 heavy (non-hydrogen) atoms. The van der Waals surface area contributed by atoms with E-state index in [0.717, 1.165) is 53.5 Å². The Labute approximate surface area is 185 Å². The van der Waals surface area contributed by atoms with Crippen LogP contribution in [0.15, 0.2) is 54.9 Å². The summed E-state index contributed by atoms with van der Waals surface area (Å²) in [5.74, 6) is 0.588. The third-order valence-corrected chi connectivity index (χ3v) is 6.57. The molecule has 0 aliphatic carbocycles. The summed E-state index contributed by atoms with van der Waals surface area (Å²) in [4.78, 5) is 28.2. The van der Waals surface area contributed by atoms with Crippen LogP contribution >= 0.6 is 11.3 Å². The van der Waals surface area contributed by atoms with Crippen LogP contribution in [0, 0.1) is 6.92 Å². The maximum Gasteiger partial charge on any atom is 0.274 e. The fourth-order valence-electron chi connectivity index (χ4n) is 3.81. The highest BCUT2D eigenvalue weighted by Crippen LogP contribution is 2.31. The number of piperidine rings is 1. The summed E-state index contributed by atoms with van der Waals surface area (Å²) in [6, 6.07) is 15.8. The first-order valence-corrected chi connectivity index (χ1v) is 11.3. The van der Waals surface area contributed by atoms with Crippen LogP contribution in [0.3, 0.4) is 0 Å². The third kappa shape index (κ3) is 4.27. The average molecular weight is 430 g/mol. The molecule has 0 saturated carbocycles. The van der Waals surface area contributed by atoms with Gasteiger partial charge in [-0.05, 0) is 68.1 Å². The standard InChI is InChI=1S/C24H23N5OS/c1-16-5-10-19-21(13-16)31-24(28-19)17-6-8-18(9-7-17)27-23(30)20-14-22(26-15-25-20)29-11-3-2-4-12-29/h5-10,13-15H,2-4,11-12H2,1H3,(H,27,30). The van der Waals surface area contributed by atoms with Crippen molar-refractivity contribution in [1.29, 1.82) is 0 Å². The number of thiazole rings is 1. The Morgan fingerprint density at radius 1 is 1.00 bits per heavy atom. The fraction of sp³-hybridized carbons (Fsp3) is 0.250. The monoisotopic (exact) mass is 429 g/mol. The summed E-state index contributed by atoms with van der Waals surface area (Å²) >= 11 is 1.68. The maximum absolute atomic E-state index is 12.7. The van der Waals surface area contributed by atoms with Crippen molar-refractivity contribution in [3.63, 3.8) is 0 Å². The lowest BCUT2D eigenvalue weighted by Gasteiger charge is -2.27. The normalized spacial score (nSPS) is 14.0. The predicted octanol–water partition coefficient (Wildman–Crippen LogP) is 5.30. The van der Waals surface area contributed by atoms with E-state index in [9.17, 15) is 4.79 Å². The van der Waals surface area contributed by atoms with Crippen molar-refractivity contribution < 1.29 is 4.79 Å². The Morgan fingerprint density at radius 2 is 1.81 bits per heavy atom. The van der Waals surface area contributed by atoms with E-state index in [1.165, 1.54) is 23.0 Å². The van der Waals surface area contributed by atoms with E-state index in [0.29, 0.717) is 5.69 Å². The van der Waals surface area contributed by atoms with Gasteiger partial charge in [0.25, 0.3) is 5.91 Å². The largest absolute Gasteiger partial charge is 0.357 e. The number of benzene rings is 2. The highest BCUT2D eigenvalue weighted by Gasteiger charge is 2.15. The Kier molecular flexibility index (Phi) is 5.34. The first-order chi connectivity index (χ1) is 15.2. The lowest BCUT2D eigenvalue weighted by molar-refractivity contribution is 0.102. The van der Waals surface area contributed by atoms with E-state index in [2.05, 4.69) is 45.3 Å². The van der Waals surface area contributed by atoms with Crippen LogP contribution in [0.2, 0.25) is 0 Å². The highest BCUT2D eigenvalue weighted by atomic mass is 32.1. The van der Waals surface area contributed by atoms with Crippen LogP contribution < -0.4 is 10.2 Å². The molecule has 1 fully saturated rings. The number of hydrogen-bond donors (Lipinski definition) is 1. The summed E-state index contributed by atoms with van der Waals surface area (Å²) in [7, 11) is 0. The number of aryl methyl sites for hydroxylation is 1. The van der Waals surface area contributed by atoms with Gasteiger partial charge >= 0.3 is 0 Å². The number of nitrogens with zero attached hydrogens (tertiary/aromatic N) is 4. The molecule has 7 heteroatoms. The topological polar surface area (TPSA) is 71.0 Å². The van der Waals surface area contributed by atoms with E-state index in [-0.39, 0.29) is 5.91 Å². The van der Waals surface area contributed by atoms with Crippen LogP contribution in [0.1, 0.15) is 35.3 Å². The molecule has 6 nitrogen and oxygen atoms in total. The van der Waals surface area contributed by atoms with Crippen LogP contribution in [-0.4, -0.2) is 33.9 Å². The van der Waals surface area contributed by atoms with Crippen molar-refractivity contribution in [3.8, 4) is 10.6 Å². The molecule has 2 aromatic heterocycles. The second-order valence-corrected chi connectivity index (χ2v) is 8.86. The number of carbonyl (C=O) groups excluding carboxylic acids is 1. The summed E-state index contributed by atoms with van der Waals surface area (Å²) in [6.07, 6.45) is 5.04. The van der Waals surface area contributed by atoms with Gasteiger partial charge in [-0.2, -0.15) is 0 Å². The van der Waals surface area contributed by atoms with Crippen LogP contribution in [0.4, 0.5) is 11.5 Å². The molecule has 5 rings (SSSR count). The molecule has 1 amide bonds. The lowest BCUT2D eigenvalue weighted by atomic mass is 10.1. The zero-order valence-corrected chi connectivity index (χ0v) is 18.2. The molecule has 0 unspecified atom stereocenters. The molecule has 3 heterocycles. The zero-order valence-electron chi connectivity index (χ0n) is 17.3. The van der Waals surface area contributed by atoms with E-state index >= 15 is 0 Å². The minimum Gasteiger partial charge on any atom is -0.357 e. The second-order valence-electron chi connectivity index (χ2n) is 7.83. The number of aromatic nitrogens is 3. The first kappa shape index (κ1) is 19.6. The van der Waals surface area contributed by atoms with Gasteiger partial charge in [0.05, 0.1) is 10.2 Å². The van der Waals surface area contributed by atoms with Gasteiger partial charge < -0.3 is 10.2 Å². The number of carbonyl (C=O) groups is 1. The molecular weight excluding hydrogens is 406 g/mol. The predicted molar refractivity (Wildman–Crippen MR) is 126 cm³/mol. The number of amides is 1. The Morgan fingerprint density at radius 3 is 2.61 bits per heavy atom. The number of hydrogen-bond acceptors (Lipinski definition) is 6. The van der Waals surface area contributed by atoms with Gasteiger partial charge in [0.15, 0.2) is 0 Å². The van der Waals surface area contributed by atoms with Gasteiger partial charge in [-0.1, -0.05) is 6.07 Å². The minimum atomic E-state index is -0.233. The van der Waals surface area contributed by atoms with Gasteiger partial charge in [-0.25, -0.2) is 15.0 Å². The average Bonchev–Trinajstić information content (AvgIpc) is 3.23. The van der Waals surface area contributed by atoms with Crippen molar-refractivity contribution in [1.82, 2.24) is 15.0 Å². The van der Waals surface area contributed by atoms with E-state index in [1.54, 1.807) is 17.4 Å². The van der Waals surface area contributed by atoms with E-state index in [4.69, 9.17) is 4.98 Å². The molecule has 1 saturated heterocycles. The Balaban J connectivity index is 1.30. The van der Waals surface area contributed by atoms with Gasteiger partial charge in [0.2, 0.25) is 0 Å². The Bertz CT molecular complexity index is 1230. The number of nitrogens with one attached hydrogen (secondary N) is 1. The SMILES string of the molecule is Cc1ccc2nc(-c3ccc(NC(=O)c4cc(N5CCCCC5)ncn4)cc3)sc2c1. The molecule has 0 spiro atoms. The Hall–Kier alpha value is -3.32. The minimum absolute atomic E-state index is 0.233. The van der Waals surface area contributed by atoms with Crippen LogP contribution in [0.25, 0.3) is 20.8 Å². The van der Waals surface area contributed by atoms with Crippen molar-refractivity contribution >= 4 is 39.0 Å². The zero-order chi connectivity index (χ0) is 21.2. The van der Waals surface area contributed by atoms with E-state index in [1.807, 2.05) is 24.3 Å². The van der Waals surface area contributed by atoms with E-state index < -0.39 is 0 Å². The van der Waals surface area contributed by atoms with Crippen LogP contribution in [0.5, 0.6) is 0 Å². The van der Waals surface area contributed by atoms with Gasteiger partial charge in [-0.15, -0.1) is 11.3 Å². The summed E-state index contributed by atoms with van der Waals surface area (Å²) in [5, 5.41) is 3.91. The molecule has 0 radical (unpaired) electrons. The fourth-order valence-corrected chi connectivity index (χ4v) is 4.88. The van der Waals surface area contributed by atoms with Crippen LogP contribution in [-0.2, 0) is 0 Å². The van der Waals surface area contributed by atoms with Gasteiger partial charge in [0.1, 0.15) is 22.8 Å². The molecule has 4 aromatic rings. The first-order valence-electron chi connectivity index (χ1n) is 10.5. The quantitative estimate of drug-likeness (QED) is 0.476. The summed E-state index contributed by atoms with van der Waals surface area (Å²) < 4.78 is 1.18. The van der Waals surface area contributed by atoms with Gasteiger partial charge in [0, 0.05) is 30.4 Å². The second kappa shape index (κ2) is 8.43. The highest BCUT2D eigenvalue weighted by molar-refractivity contribution is 7.21. The number of fused-ring (bicyclic) bond motifs is 1. The summed E-state index contributed by atoms with van der Waals surface area (Å²) in [6.45, 7) is 4.04. The third-order valence-electron chi connectivity index (χ3n) is 5.50. The molecule has 156 valence electrons. The molecule has 2 aromatic carbocycles. The molecule has 0 atom stereocenters. The van der Waals surface area contributed by atoms with Crippen molar-refractivity contribution in [2.75, 3.05) is 23.3 Å². The number of rotatable bonds is 4. The van der Waals surface area contributed by atoms with Crippen molar-refractivity contribution in [2.45, 2.75) is 26.2 Å². The van der Waals surface area contributed by atoms with Crippen molar-refractivity contribution in [2.24, 2.45) is 0 Å². The van der Waals surface area contributed by atoms with Gasteiger partial charge in [-0.3, -0.25) is 4.79 Å². The molecule has 1 N–H and O–H groups in total. The molecule has 0 bridgehead atoms. The lowest BCUT2D eigenvalue weighted by Crippen LogP contribution is -2.30. The number of anilines is 2.